The van der Waals surface area contributed by atoms with Crippen molar-refractivity contribution >= 4 is 23.2 Å². The summed E-state index contributed by atoms with van der Waals surface area (Å²) in [5.41, 5.74) is 3.22. The van der Waals surface area contributed by atoms with Crippen LogP contribution in [0.2, 0.25) is 10.0 Å². The minimum Gasteiger partial charge on any atom is -0.484 e. The lowest BCUT2D eigenvalue weighted by Gasteiger charge is -2.24. The van der Waals surface area contributed by atoms with Crippen molar-refractivity contribution in [3.8, 4) is 16.9 Å². The second-order valence-electron chi connectivity index (χ2n) is 9.28. The number of aromatic nitrogens is 3. The number of nitrogens with one attached hydrogen (secondary N) is 1. The van der Waals surface area contributed by atoms with E-state index in [2.05, 4.69) is 33.1 Å². The predicted octanol–water partition coefficient (Wildman–Crippen LogP) is 6.22. The lowest BCUT2D eigenvalue weighted by Crippen LogP contribution is -2.29. The van der Waals surface area contributed by atoms with Crippen molar-refractivity contribution in [1.29, 1.82) is 0 Å². The molecule has 2 unspecified atom stereocenters. The number of nitrogens with zero attached hydrogens (tertiary/aromatic N) is 4. The Kier molecular flexibility index (Phi) is 7.30. The highest BCUT2D eigenvalue weighted by Crippen LogP contribution is 2.40. The molecular formula is C26H30Cl2FN5O. The van der Waals surface area contributed by atoms with Crippen LogP contribution in [0.25, 0.3) is 11.1 Å². The van der Waals surface area contributed by atoms with E-state index < -0.39 is 11.9 Å². The summed E-state index contributed by atoms with van der Waals surface area (Å²) in [6.07, 6.45) is 8.03. The SMILES string of the molecule is CCC(Oc1cc(-c2cnn(C3CCNCC3)c2)cnc1C(C)N1CC1)c1c(Cl)ccc(F)c1Cl. The number of pyridine rings is 1. The first-order valence-electron chi connectivity index (χ1n) is 12.3. The number of benzene rings is 1. The smallest absolute Gasteiger partial charge is 0.143 e. The zero-order valence-electron chi connectivity index (χ0n) is 20.0. The second-order valence-corrected chi connectivity index (χ2v) is 10.1. The molecule has 2 fully saturated rings. The lowest BCUT2D eigenvalue weighted by molar-refractivity contribution is 0.194. The normalized spacial score (nSPS) is 18.4. The molecule has 0 aliphatic carbocycles. The van der Waals surface area contributed by atoms with Gasteiger partial charge in [-0.2, -0.15) is 5.10 Å². The van der Waals surface area contributed by atoms with Gasteiger partial charge in [-0.25, -0.2) is 4.39 Å². The van der Waals surface area contributed by atoms with E-state index >= 15 is 0 Å². The molecule has 0 bridgehead atoms. The second kappa shape index (κ2) is 10.4. The molecule has 0 saturated carbocycles. The largest absolute Gasteiger partial charge is 0.484 e. The summed E-state index contributed by atoms with van der Waals surface area (Å²) in [5, 5.41) is 8.41. The van der Waals surface area contributed by atoms with Crippen molar-refractivity contribution in [2.75, 3.05) is 26.2 Å². The maximum absolute atomic E-state index is 14.3. The summed E-state index contributed by atoms with van der Waals surface area (Å²) in [5.74, 6) is 0.141. The van der Waals surface area contributed by atoms with Gasteiger partial charge in [0, 0.05) is 47.2 Å². The van der Waals surface area contributed by atoms with Gasteiger partial charge in [-0.1, -0.05) is 30.1 Å². The van der Waals surface area contributed by atoms with E-state index in [1.807, 2.05) is 25.4 Å². The summed E-state index contributed by atoms with van der Waals surface area (Å²) < 4.78 is 22.9. The Hall–Kier alpha value is -2.19. The van der Waals surface area contributed by atoms with Crippen LogP contribution in [0.3, 0.4) is 0 Å². The van der Waals surface area contributed by atoms with Crippen LogP contribution in [0.15, 0.2) is 36.8 Å². The number of ether oxygens (including phenoxy) is 1. The Morgan fingerprint density at radius 2 is 1.94 bits per heavy atom. The number of halogens is 3. The Morgan fingerprint density at radius 1 is 1.17 bits per heavy atom. The standard InChI is InChI=1S/C26H30Cl2FN5O/c1-3-22(24-20(27)4-5-21(29)25(24)28)35-23-12-17(13-31-26(23)16(2)33-10-11-33)18-14-32-34(15-18)19-6-8-30-9-7-19/h4-5,12-16,19,22,30H,3,6-11H2,1-2H3. The summed E-state index contributed by atoms with van der Waals surface area (Å²) in [6, 6.07) is 5.31. The Balaban J connectivity index is 1.49. The van der Waals surface area contributed by atoms with Crippen LogP contribution in [0.4, 0.5) is 4.39 Å². The molecule has 0 spiro atoms. The molecule has 2 atom stereocenters. The summed E-state index contributed by atoms with van der Waals surface area (Å²) in [6.45, 7) is 8.17. The maximum atomic E-state index is 14.3. The van der Waals surface area contributed by atoms with Crippen molar-refractivity contribution in [3.63, 3.8) is 0 Å². The van der Waals surface area contributed by atoms with E-state index in [1.165, 1.54) is 12.1 Å². The summed E-state index contributed by atoms with van der Waals surface area (Å²) in [4.78, 5) is 7.14. The molecule has 1 aromatic carbocycles. The van der Waals surface area contributed by atoms with Gasteiger partial charge in [-0.05, 0) is 57.5 Å². The van der Waals surface area contributed by atoms with Gasteiger partial charge in [-0.3, -0.25) is 14.6 Å². The Bertz CT molecular complexity index is 1190. The van der Waals surface area contributed by atoms with Crippen LogP contribution < -0.4 is 10.1 Å². The van der Waals surface area contributed by atoms with Gasteiger partial charge in [0.2, 0.25) is 0 Å². The highest BCUT2D eigenvalue weighted by atomic mass is 35.5. The monoisotopic (exact) mass is 517 g/mol. The highest BCUT2D eigenvalue weighted by molar-refractivity contribution is 6.36. The van der Waals surface area contributed by atoms with E-state index in [0.717, 1.165) is 55.8 Å². The molecule has 5 rings (SSSR count). The molecule has 2 saturated heterocycles. The molecule has 0 amide bonds. The van der Waals surface area contributed by atoms with Crippen molar-refractivity contribution in [1.82, 2.24) is 25.0 Å². The van der Waals surface area contributed by atoms with E-state index in [4.69, 9.17) is 32.9 Å². The first-order valence-corrected chi connectivity index (χ1v) is 13.0. The van der Waals surface area contributed by atoms with Crippen LogP contribution in [0.5, 0.6) is 5.75 Å². The van der Waals surface area contributed by atoms with Gasteiger partial charge in [0.1, 0.15) is 17.7 Å². The molecule has 0 radical (unpaired) electrons. The highest BCUT2D eigenvalue weighted by Gasteiger charge is 2.30. The van der Waals surface area contributed by atoms with E-state index in [0.29, 0.717) is 28.8 Å². The molecular weight excluding hydrogens is 488 g/mol. The predicted molar refractivity (Wildman–Crippen MR) is 137 cm³/mol. The molecule has 2 aliphatic rings. The van der Waals surface area contributed by atoms with Crippen LogP contribution in [0.1, 0.15) is 62.6 Å². The first kappa shape index (κ1) is 24.5. The van der Waals surface area contributed by atoms with Crippen molar-refractivity contribution in [2.24, 2.45) is 0 Å². The van der Waals surface area contributed by atoms with Crippen molar-refractivity contribution in [3.05, 3.63) is 63.9 Å². The van der Waals surface area contributed by atoms with Crippen LogP contribution in [-0.4, -0.2) is 45.8 Å². The topological polar surface area (TPSA) is 55.0 Å². The summed E-state index contributed by atoms with van der Waals surface area (Å²) in [7, 11) is 0. The van der Waals surface area contributed by atoms with Crippen LogP contribution in [-0.2, 0) is 0 Å². The molecule has 1 N–H and O–H groups in total. The lowest BCUT2D eigenvalue weighted by atomic mass is 10.1. The zero-order chi connectivity index (χ0) is 24.5. The molecule has 2 aliphatic heterocycles. The third kappa shape index (κ3) is 5.19. The van der Waals surface area contributed by atoms with Crippen molar-refractivity contribution < 1.29 is 9.13 Å². The van der Waals surface area contributed by atoms with Gasteiger partial charge in [0.25, 0.3) is 0 Å². The molecule has 3 aromatic rings. The van der Waals surface area contributed by atoms with E-state index in [-0.39, 0.29) is 11.1 Å². The van der Waals surface area contributed by atoms with Gasteiger partial charge in [-0.15, -0.1) is 0 Å². The van der Waals surface area contributed by atoms with Gasteiger partial charge in [0.15, 0.2) is 0 Å². The number of hydrogen-bond donors (Lipinski definition) is 1. The zero-order valence-corrected chi connectivity index (χ0v) is 21.5. The Morgan fingerprint density at radius 3 is 2.66 bits per heavy atom. The average molecular weight is 518 g/mol. The van der Waals surface area contributed by atoms with Crippen LogP contribution >= 0.6 is 23.2 Å². The average Bonchev–Trinajstić information content (AvgIpc) is 3.62. The fourth-order valence-electron chi connectivity index (χ4n) is 4.73. The molecule has 35 heavy (non-hydrogen) atoms. The van der Waals surface area contributed by atoms with Gasteiger partial charge < -0.3 is 10.1 Å². The maximum Gasteiger partial charge on any atom is 0.143 e. The summed E-state index contributed by atoms with van der Waals surface area (Å²) >= 11 is 12.8. The number of hydrogen-bond acceptors (Lipinski definition) is 5. The molecule has 4 heterocycles. The minimum absolute atomic E-state index is 0.00254. The molecule has 186 valence electrons. The van der Waals surface area contributed by atoms with Gasteiger partial charge in [0.05, 0.1) is 29.0 Å². The Labute approximate surface area is 215 Å². The van der Waals surface area contributed by atoms with Crippen molar-refractivity contribution in [2.45, 2.75) is 51.3 Å². The molecule has 6 nitrogen and oxygen atoms in total. The number of rotatable bonds is 8. The quantitative estimate of drug-likeness (QED) is 0.283. The van der Waals surface area contributed by atoms with E-state index in [1.54, 1.807) is 0 Å². The van der Waals surface area contributed by atoms with Crippen LogP contribution in [0, 0.1) is 5.82 Å². The molecule has 2 aromatic heterocycles. The third-order valence-corrected chi connectivity index (χ3v) is 7.68. The number of piperidine rings is 1. The first-order chi connectivity index (χ1) is 17.0. The van der Waals surface area contributed by atoms with Gasteiger partial charge >= 0.3 is 0 Å². The molecule has 9 heteroatoms. The fourth-order valence-corrected chi connectivity index (χ4v) is 5.35. The minimum atomic E-state index is -0.514. The van der Waals surface area contributed by atoms with E-state index in [9.17, 15) is 4.39 Å². The fraction of sp³-hybridized carbons (Fsp3) is 0.462. The third-order valence-electron chi connectivity index (χ3n) is 6.97.